The van der Waals surface area contributed by atoms with Crippen LogP contribution in [0.3, 0.4) is 0 Å². The number of hydrogen-bond donors (Lipinski definition) is 5. The Kier molecular flexibility index (Phi) is 7.62. The van der Waals surface area contributed by atoms with Gasteiger partial charge in [0.1, 0.15) is 18.2 Å². The van der Waals surface area contributed by atoms with Gasteiger partial charge in [0, 0.05) is 13.2 Å². The molecule has 10 heteroatoms. The molecular formula is C22H30FN5O4. The molecule has 0 bridgehead atoms. The van der Waals surface area contributed by atoms with Gasteiger partial charge in [-0.15, -0.1) is 5.10 Å². The van der Waals surface area contributed by atoms with Crippen molar-refractivity contribution in [2.45, 2.75) is 45.2 Å². The first kappa shape index (κ1) is 23.9. The second kappa shape index (κ2) is 10.2. The lowest BCUT2D eigenvalue weighted by Crippen LogP contribution is -2.46. The topological polar surface area (TPSA) is 125 Å². The van der Waals surface area contributed by atoms with Crippen molar-refractivity contribution in [3.05, 3.63) is 47.4 Å². The molecule has 0 aliphatic carbocycles. The summed E-state index contributed by atoms with van der Waals surface area (Å²) in [4.78, 5) is 4.49. The molecule has 0 aliphatic heterocycles. The minimum atomic E-state index is -1.11. The summed E-state index contributed by atoms with van der Waals surface area (Å²) in [5, 5.41) is 34.7. The van der Waals surface area contributed by atoms with E-state index in [2.05, 4.69) is 25.8 Å². The smallest absolute Gasteiger partial charge is 0.242 e. The van der Waals surface area contributed by atoms with E-state index < -0.39 is 11.6 Å². The maximum Gasteiger partial charge on any atom is 0.242 e. The molecule has 32 heavy (non-hydrogen) atoms. The van der Waals surface area contributed by atoms with Crippen LogP contribution in [0.5, 0.6) is 5.88 Å². The van der Waals surface area contributed by atoms with Crippen LogP contribution in [0.4, 0.5) is 10.2 Å². The van der Waals surface area contributed by atoms with Gasteiger partial charge in [0.2, 0.25) is 5.88 Å². The number of aromatic nitrogens is 3. The first-order valence-electron chi connectivity index (χ1n) is 10.3. The normalized spacial score (nSPS) is 13.8. The van der Waals surface area contributed by atoms with Crippen molar-refractivity contribution in [1.82, 2.24) is 20.5 Å². The maximum atomic E-state index is 13.3. The molecule has 2 unspecified atom stereocenters. The highest BCUT2D eigenvalue weighted by molar-refractivity contribution is 5.88. The number of benzene rings is 1. The predicted molar refractivity (Wildman–Crippen MR) is 119 cm³/mol. The highest BCUT2D eigenvalue weighted by Gasteiger charge is 2.29. The van der Waals surface area contributed by atoms with E-state index in [9.17, 15) is 14.6 Å². The molecule has 0 spiro atoms. The Balaban J connectivity index is 1.79. The lowest BCUT2D eigenvalue weighted by molar-refractivity contribution is 0.0342. The number of anilines is 1. The summed E-state index contributed by atoms with van der Waals surface area (Å²) < 4.78 is 23.9. The van der Waals surface area contributed by atoms with Crippen molar-refractivity contribution >= 4 is 16.7 Å². The number of aliphatic hydroxyl groups is 2. The Hall–Kier alpha value is -2.79. The summed E-state index contributed by atoms with van der Waals surface area (Å²) >= 11 is 0. The molecule has 3 rings (SSSR count). The number of rotatable bonds is 11. The molecule has 0 saturated carbocycles. The fraction of sp³-hybridized carbons (Fsp3) is 0.455. The Bertz CT molecular complexity index is 1020. The monoisotopic (exact) mass is 447 g/mol. The molecule has 0 aliphatic rings. The Morgan fingerprint density at radius 2 is 1.94 bits per heavy atom. The van der Waals surface area contributed by atoms with Gasteiger partial charge in [0.15, 0.2) is 0 Å². The van der Waals surface area contributed by atoms with Crippen molar-refractivity contribution in [2.75, 3.05) is 25.6 Å². The van der Waals surface area contributed by atoms with E-state index >= 15 is 0 Å². The predicted octanol–water partition coefficient (Wildman–Crippen LogP) is 2.47. The molecule has 9 nitrogen and oxygen atoms in total. The SMILES string of the molecule is COCCOc1n[nH]c2cc(NC(C)NC(c3ccc(F)cc3)C(C)(C)O)nc(CO)c12. The van der Waals surface area contributed by atoms with E-state index in [0.717, 1.165) is 5.56 Å². The van der Waals surface area contributed by atoms with Crippen molar-refractivity contribution in [3.8, 4) is 5.88 Å². The number of fused-ring (bicyclic) bond motifs is 1. The van der Waals surface area contributed by atoms with E-state index in [1.165, 1.54) is 12.1 Å². The van der Waals surface area contributed by atoms with Crippen molar-refractivity contribution in [2.24, 2.45) is 0 Å². The van der Waals surface area contributed by atoms with E-state index in [-0.39, 0.29) is 18.6 Å². The number of nitrogens with zero attached hydrogens (tertiary/aromatic N) is 2. The summed E-state index contributed by atoms with van der Waals surface area (Å²) in [6, 6.07) is 7.30. The van der Waals surface area contributed by atoms with Gasteiger partial charge in [-0.1, -0.05) is 12.1 Å². The first-order valence-corrected chi connectivity index (χ1v) is 10.3. The number of halogens is 1. The van der Waals surface area contributed by atoms with Crippen LogP contribution in [0, 0.1) is 5.82 Å². The van der Waals surface area contributed by atoms with E-state index in [1.807, 2.05) is 6.92 Å². The summed E-state index contributed by atoms with van der Waals surface area (Å²) in [6.45, 7) is 5.68. The van der Waals surface area contributed by atoms with Gasteiger partial charge in [-0.3, -0.25) is 10.4 Å². The van der Waals surface area contributed by atoms with Crippen LogP contribution in [0.2, 0.25) is 0 Å². The van der Waals surface area contributed by atoms with Gasteiger partial charge in [-0.05, 0) is 38.5 Å². The minimum absolute atomic E-state index is 0.296. The van der Waals surface area contributed by atoms with Crippen molar-refractivity contribution < 1.29 is 24.1 Å². The minimum Gasteiger partial charge on any atom is -0.474 e. The largest absolute Gasteiger partial charge is 0.474 e. The Labute approximate surface area is 186 Å². The van der Waals surface area contributed by atoms with Gasteiger partial charge in [-0.25, -0.2) is 9.37 Å². The molecule has 1 aromatic carbocycles. The average molecular weight is 448 g/mol. The lowest BCUT2D eigenvalue weighted by atomic mass is 9.91. The maximum absolute atomic E-state index is 13.3. The highest BCUT2D eigenvalue weighted by Crippen LogP contribution is 2.29. The van der Waals surface area contributed by atoms with Crippen LogP contribution in [0.1, 0.15) is 38.1 Å². The highest BCUT2D eigenvalue weighted by atomic mass is 19.1. The fourth-order valence-electron chi connectivity index (χ4n) is 3.48. The van der Waals surface area contributed by atoms with Gasteiger partial charge < -0.3 is 25.0 Å². The molecule has 3 aromatic rings. The number of methoxy groups -OCH3 is 1. The zero-order valence-corrected chi connectivity index (χ0v) is 18.6. The second-order valence-electron chi connectivity index (χ2n) is 8.08. The molecule has 2 aromatic heterocycles. The Morgan fingerprint density at radius 3 is 2.56 bits per heavy atom. The molecule has 0 amide bonds. The molecule has 5 N–H and O–H groups in total. The van der Waals surface area contributed by atoms with E-state index in [1.54, 1.807) is 39.2 Å². The quantitative estimate of drug-likeness (QED) is 0.224. The number of aliphatic hydroxyl groups excluding tert-OH is 1. The van der Waals surface area contributed by atoms with Gasteiger partial charge in [0.25, 0.3) is 0 Å². The van der Waals surface area contributed by atoms with E-state index in [0.29, 0.717) is 41.5 Å². The standard InChI is InChI=1S/C22H30FN5O4/c1-13(25-20(22(2,3)30)14-5-7-15(23)8-6-14)24-18-11-16-19(17(12-29)26-18)21(28-27-16)32-10-9-31-4/h5-8,11,13,20,25,29-30H,9-10,12H2,1-4H3,(H,24,26)(H,27,28). The average Bonchev–Trinajstić information content (AvgIpc) is 3.14. The zero-order valence-electron chi connectivity index (χ0n) is 18.6. The van der Waals surface area contributed by atoms with Crippen LogP contribution in [-0.4, -0.2) is 57.5 Å². The number of ether oxygens (including phenoxy) is 2. The third-order valence-electron chi connectivity index (χ3n) is 4.95. The molecule has 174 valence electrons. The third-order valence-corrected chi connectivity index (χ3v) is 4.95. The van der Waals surface area contributed by atoms with Gasteiger partial charge >= 0.3 is 0 Å². The van der Waals surface area contributed by atoms with E-state index in [4.69, 9.17) is 9.47 Å². The zero-order chi connectivity index (χ0) is 23.3. The van der Waals surface area contributed by atoms with Gasteiger partial charge in [0.05, 0.1) is 47.6 Å². The molecule has 0 saturated heterocycles. The third kappa shape index (κ3) is 5.71. The number of nitrogens with one attached hydrogen (secondary N) is 3. The van der Waals surface area contributed by atoms with Crippen LogP contribution in [-0.2, 0) is 11.3 Å². The number of hydrogen-bond acceptors (Lipinski definition) is 8. The molecule has 0 radical (unpaired) electrons. The molecule has 2 atom stereocenters. The fourth-order valence-corrected chi connectivity index (χ4v) is 3.48. The van der Waals surface area contributed by atoms with Crippen molar-refractivity contribution in [3.63, 3.8) is 0 Å². The number of H-pyrrole nitrogens is 1. The van der Waals surface area contributed by atoms with Crippen LogP contribution < -0.4 is 15.4 Å². The summed E-state index contributed by atoms with van der Waals surface area (Å²) in [5.41, 5.74) is 0.706. The van der Waals surface area contributed by atoms with Crippen LogP contribution >= 0.6 is 0 Å². The molecule has 0 fully saturated rings. The first-order chi connectivity index (χ1) is 15.2. The molecule has 2 heterocycles. The molecular weight excluding hydrogens is 417 g/mol. The lowest BCUT2D eigenvalue weighted by Gasteiger charge is -2.33. The summed E-state index contributed by atoms with van der Waals surface area (Å²) in [5.74, 6) is 0.514. The Morgan fingerprint density at radius 1 is 1.22 bits per heavy atom. The van der Waals surface area contributed by atoms with Crippen LogP contribution in [0.25, 0.3) is 10.9 Å². The van der Waals surface area contributed by atoms with Gasteiger partial charge in [-0.2, -0.15) is 0 Å². The summed E-state index contributed by atoms with van der Waals surface area (Å²) in [6.07, 6.45) is -0.326. The van der Waals surface area contributed by atoms with Crippen molar-refractivity contribution in [1.29, 1.82) is 0 Å². The summed E-state index contributed by atoms with van der Waals surface area (Å²) in [7, 11) is 1.58. The number of pyridine rings is 1. The second-order valence-corrected chi connectivity index (χ2v) is 8.08. The number of aromatic amines is 1. The van der Waals surface area contributed by atoms with Crippen LogP contribution in [0.15, 0.2) is 30.3 Å².